The summed E-state index contributed by atoms with van der Waals surface area (Å²) in [5, 5.41) is 7.88. The SMILES string of the molecule is CCN=C(NC(=O)OC(C)(C)C)Nc1ccc(CCNC(=O)OC(C)(C)C)cc1F. The van der Waals surface area contributed by atoms with Gasteiger partial charge < -0.3 is 20.1 Å². The predicted octanol–water partition coefficient (Wildman–Crippen LogP) is 4.21. The molecule has 0 bridgehead atoms. The minimum atomic E-state index is -0.688. The Morgan fingerprint density at radius 3 is 2.17 bits per heavy atom. The number of ether oxygens (including phenoxy) is 2. The van der Waals surface area contributed by atoms with Gasteiger partial charge in [-0.15, -0.1) is 0 Å². The monoisotopic (exact) mass is 424 g/mol. The molecule has 0 atom stereocenters. The van der Waals surface area contributed by atoms with Crippen LogP contribution in [0.2, 0.25) is 0 Å². The summed E-state index contributed by atoms with van der Waals surface area (Å²) in [4.78, 5) is 27.7. The molecular formula is C21H33FN4O4. The molecule has 3 N–H and O–H groups in total. The molecular weight excluding hydrogens is 391 g/mol. The number of carbonyl (C=O) groups excluding carboxylic acids is 2. The zero-order chi connectivity index (χ0) is 22.9. The molecule has 1 rings (SSSR count). The lowest BCUT2D eigenvalue weighted by Crippen LogP contribution is -2.40. The van der Waals surface area contributed by atoms with Crippen molar-refractivity contribution in [2.45, 2.75) is 66.1 Å². The standard InChI is InChI=1S/C21H33FN4O4/c1-8-23-17(26-19(28)30-21(5,6)7)25-16-10-9-14(13-15(16)22)11-12-24-18(27)29-20(2,3)4/h9-10,13H,8,11-12H2,1-7H3,(H,24,27)(H2,23,25,26,28). The van der Waals surface area contributed by atoms with Gasteiger partial charge in [0.2, 0.25) is 5.96 Å². The number of hydrogen-bond donors (Lipinski definition) is 3. The molecule has 0 saturated heterocycles. The van der Waals surface area contributed by atoms with E-state index in [9.17, 15) is 14.0 Å². The molecule has 30 heavy (non-hydrogen) atoms. The number of hydrogen-bond acceptors (Lipinski definition) is 5. The van der Waals surface area contributed by atoms with Crippen molar-refractivity contribution >= 4 is 23.8 Å². The van der Waals surface area contributed by atoms with Crippen LogP contribution in [0.3, 0.4) is 0 Å². The maximum Gasteiger partial charge on any atom is 0.414 e. The number of carbonyl (C=O) groups is 2. The third-order valence-corrected chi connectivity index (χ3v) is 3.30. The molecule has 0 aliphatic carbocycles. The van der Waals surface area contributed by atoms with Gasteiger partial charge in [0, 0.05) is 13.1 Å². The van der Waals surface area contributed by atoms with Crippen LogP contribution in [0.5, 0.6) is 0 Å². The molecule has 8 nitrogen and oxygen atoms in total. The lowest BCUT2D eigenvalue weighted by atomic mass is 10.1. The maximum absolute atomic E-state index is 14.5. The molecule has 0 aliphatic rings. The number of benzene rings is 1. The van der Waals surface area contributed by atoms with Gasteiger partial charge in [0.25, 0.3) is 0 Å². The largest absolute Gasteiger partial charge is 0.444 e. The molecule has 0 heterocycles. The van der Waals surface area contributed by atoms with Crippen molar-refractivity contribution in [2.24, 2.45) is 4.99 Å². The van der Waals surface area contributed by atoms with E-state index in [1.807, 2.05) is 0 Å². The average molecular weight is 425 g/mol. The Bertz CT molecular complexity index is 767. The summed E-state index contributed by atoms with van der Waals surface area (Å²) in [6, 6.07) is 4.62. The Labute approximate surface area is 177 Å². The molecule has 0 aliphatic heterocycles. The first-order chi connectivity index (χ1) is 13.8. The maximum atomic E-state index is 14.5. The molecule has 0 saturated carbocycles. The van der Waals surface area contributed by atoms with Gasteiger partial charge >= 0.3 is 12.2 Å². The normalized spacial score (nSPS) is 12.2. The van der Waals surface area contributed by atoms with E-state index >= 15 is 0 Å². The van der Waals surface area contributed by atoms with Crippen LogP contribution >= 0.6 is 0 Å². The van der Waals surface area contributed by atoms with E-state index in [4.69, 9.17) is 9.47 Å². The van der Waals surface area contributed by atoms with Crippen LogP contribution in [0, 0.1) is 5.82 Å². The first-order valence-electron chi connectivity index (χ1n) is 9.86. The number of guanidine groups is 1. The highest BCUT2D eigenvalue weighted by molar-refractivity contribution is 6.02. The van der Waals surface area contributed by atoms with Gasteiger partial charge in [-0.25, -0.2) is 14.0 Å². The van der Waals surface area contributed by atoms with Crippen LogP contribution in [0.25, 0.3) is 0 Å². The molecule has 0 radical (unpaired) electrons. The average Bonchev–Trinajstić information content (AvgIpc) is 2.54. The van der Waals surface area contributed by atoms with Gasteiger partial charge in [0.1, 0.15) is 17.0 Å². The molecule has 168 valence electrons. The van der Waals surface area contributed by atoms with Crippen molar-refractivity contribution in [1.29, 1.82) is 0 Å². The van der Waals surface area contributed by atoms with Crippen LogP contribution in [-0.2, 0) is 15.9 Å². The fraction of sp³-hybridized carbons (Fsp3) is 0.571. The van der Waals surface area contributed by atoms with Gasteiger partial charge in [-0.2, -0.15) is 0 Å². The number of anilines is 1. The highest BCUT2D eigenvalue weighted by atomic mass is 19.1. The molecule has 1 aromatic carbocycles. The molecule has 0 spiro atoms. The van der Waals surface area contributed by atoms with Gasteiger partial charge in [-0.3, -0.25) is 10.3 Å². The topological polar surface area (TPSA) is 101 Å². The summed E-state index contributed by atoms with van der Waals surface area (Å²) in [5.41, 5.74) is -0.388. The minimum Gasteiger partial charge on any atom is -0.444 e. The highest BCUT2D eigenvalue weighted by Crippen LogP contribution is 2.16. The first-order valence-corrected chi connectivity index (χ1v) is 9.86. The highest BCUT2D eigenvalue weighted by Gasteiger charge is 2.18. The number of alkyl carbamates (subject to hydrolysis) is 2. The fourth-order valence-electron chi connectivity index (χ4n) is 2.23. The Balaban J connectivity index is 2.68. The Hall–Kier alpha value is -2.84. The number of nitrogens with one attached hydrogen (secondary N) is 3. The first kappa shape index (κ1) is 25.2. The number of amides is 2. The lowest BCUT2D eigenvalue weighted by molar-refractivity contribution is 0.0525. The van der Waals surface area contributed by atoms with E-state index in [2.05, 4.69) is 20.9 Å². The van der Waals surface area contributed by atoms with Crippen molar-refractivity contribution < 1.29 is 23.5 Å². The van der Waals surface area contributed by atoms with E-state index in [1.165, 1.54) is 6.07 Å². The third kappa shape index (κ3) is 10.6. The van der Waals surface area contributed by atoms with E-state index in [1.54, 1.807) is 60.6 Å². The molecule has 0 fully saturated rings. The Kier molecular flexibility index (Phi) is 9.07. The van der Waals surface area contributed by atoms with Gasteiger partial charge in [-0.1, -0.05) is 6.07 Å². The summed E-state index contributed by atoms with van der Waals surface area (Å²) in [6.07, 6.45) is -0.773. The predicted molar refractivity (Wildman–Crippen MR) is 115 cm³/mol. The second-order valence-electron chi connectivity index (χ2n) is 8.57. The van der Waals surface area contributed by atoms with Crippen LogP contribution in [0.15, 0.2) is 23.2 Å². The van der Waals surface area contributed by atoms with Crippen LogP contribution in [0.4, 0.5) is 19.7 Å². The van der Waals surface area contributed by atoms with Crippen LogP contribution in [0.1, 0.15) is 54.0 Å². The quantitative estimate of drug-likeness (QED) is 0.486. The minimum absolute atomic E-state index is 0.0880. The van der Waals surface area contributed by atoms with Crippen molar-refractivity contribution in [2.75, 3.05) is 18.4 Å². The zero-order valence-electron chi connectivity index (χ0n) is 18.8. The van der Waals surface area contributed by atoms with Gasteiger partial charge in [0.05, 0.1) is 5.69 Å². The van der Waals surface area contributed by atoms with Gasteiger partial charge in [0.15, 0.2) is 0 Å². The number of halogens is 1. The van der Waals surface area contributed by atoms with Crippen molar-refractivity contribution in [3.05, 3.63) is 29.6 Å². The number of aliphatic imine (C=N–C) groups is 1. The lowest BCUT2D eigenvalue weighted by Gasteiger charge is -2.20. The Morgan fingerprint density at radius 1 is 1.03 bits per heavy atom. The summed E-state index contributed by atoms with van der Waals surface area (Å²) < 4.78 is 24.8. The van der Waals surface area contributed by atoms with E-state index < -0.39 is 29.2 Å². The molecule has 0 aromatic heterocycles. The summed E-state index contributed by atoms with van der Waals surface area (Å²) in [7, 11) is 0. The van der Waals surface area contributed by atoms with Crippen molar-refractivity contribution in [1.82, 2.24) is 10.6 Å². The summed E-state index contributed by atoms with van der Waals surface area (Å²) >= 11 is 0. The van der Waals surface area contributed by atoms with Gasteiger partial charge in [-0.05, 0) is 72.6 Å². The van der Waals surface area contributed by atoms with E-state index in [-0.39, 0.29) is 11.6 Å². The van der Waals surface area contributed by atoms with Crippen LogP contribution in [-0.4, -0.2) is 42.4 Å². The summed E-state index contributed by atoms with van der Waals surface area (Å²) in [6.45, 7) is 13.0. The second kappa shape index (κ2) is 10.8. The van der Waals surface area contributed by atoms with E-state index in [0.717, 1.165) is 0 Å². The number of rotatable bonds is 5. The summed E-state index contributed by atoms with van der Waals surface area (Å²) in [5.74, 6) is -0.426. The fourth-order valence-corrected chi connectivity index (χ4v) is 2.23. The Morgan fingerprint density at radius 2 is 1.63 bits per heavy atom. The smallest absolute Gasteiger partial charge is 0.414 e. The third-order valence-electron chi connectivity index (χ3n) is 3.30. The van der Waals surface area contributed by atoms with E-state index in [0.29, 0.717) is 25.1 Å². The van der Waals surface area contributed by atoms with Crippen molar-refractivity contribution in [3.8, 4) is 0 Å². The van der Waals surface area contributed by atoms with Crippen LogP contribution < -0.4 is 16.0 Å². The van der Waals surface area contributed by atoms with Crippen molar-refractivity contribution in [3.63, 3.8) is 0 Å². The number of nitrogens with zero attached hydrogens (tertiary/aromatic N) is 1. The second-order valence-corrected chi connectivity index (χ2v) is 8.57. The molecule has 1 aromatic rings. The molecule has 9 heteroatoms. The zero-order valence-corrected chi connectivity index (χ0v) is 18.8. The molecule has 2 amide bonds. The molecule has 0 unspecified atom stereocenters.